The van der Waals surface area contributed by atoms with Crippen molar-refractivity contribution in [3.8, 4) is 11.5 Å². The third-order valence-electron chi connectivity index (χ3n) is 5.84. The van der Waals surface area contributed by atoms with E-state index in [2.05, 4.69) is 15.4 Å². The van der Waals surface area contributed by atoms with Gasteiger partial charge in [-0.2, -0.15) is 5.10 Å². The van der Waals surface area contributed by atoms with Crippen molar-refractivity contribution in [1.82, 2.24) is 15.2 Å². The first-order valence-electron chi connectivity index (χ1n) is 10.2. The Hall–Kier alpha value is -3.06. The van der Waals surface area contributed by atoms with Crippen LogP contribution in [0.3, 0.4) is 0 Å². The van der Waals surface area contributed by atoms with E-state index in [9.17, 15) is 9.90 Å². The number of phenols is 1. The minimum absolute atomic E-state index is 0.0606. The number of hydrogen-bond acceptors (Lipinski definition) is 6. The molecular formula is C23H28N4O3. The number of fused-ring (bicyclic) bond motifs is 1. The van der Waals surface area contributed by atoms with Crippen molar-refractivity contribution in [3.05, 3.63) is 59.7 Å². The summed E-state index contributed by atoms with van der Waals surface area (Å²) in [5, 5.41) is 14.6. The van der Waals surface area contributed by atoms with Gasteiger partial charge in [0, 0.05) is 6.54 Å². The average Bonchev–Trinajstić information content (AvgIpc) is 3.28. The Kier molecular flexibility index (Phi) is 5.63. The van der Waals surface area contributed by atoms with Gasteiger partial charge >= 0.3 is 0 Å². The van der Waals surface area contributed by atoms with Crippen LogP contribution in [0, 0.1) is 5.92 Å². The molecule has 3 unspecified atom stereocenters. The number of hydrazone groups is 1. The quantitative estimate of drug-likeness (QED) is 0.735. The highest BCUT2D eigenvalue weighted by atomic mass is 16.5. The molecule has 2 aliphatic rings. The summed E-state index contributed by atoms with van der Waals surface area (Å²) in [6, 6.07) is 14.7. The number of methoxy groups -OCH3 is 1. The molecule has 7 nitrogen and oxygen atoms in total. The van der Waals surface area contributed by atoms with Crippen LogP contribution in [0.25, 0.3) is 0 Å². The van der Waals surface area contributed by atoms with Crippen LogP contribution in [0.5, 0.6) is 11.5 Å². The Labute approximate surface area is 176 Å². The summed E-state index contributed by atoms with van der Waals surface area (Å²) in [5.41, 5.74) is 5.92. The third-order valence-corrected chi connectivity index (χ3v) is 5.84. The van der Waals surface area contributed by atoms with E-state index in [1.54, 1.807) is 6.07 Å². The van der Waals surface area contributed by atoms with Crippen LogP contribution < -0.4 is 10.2 Å². The number of likely N-dealkylation sites (tertiary alicyclic amines) is 1. The van der Waals surface area contributed by atoms with Crippen molar-refractivity contribution in [2.75, 3.05) is 34.3 Å². The lowest BCUT2D eigenvalue weighted by molar-refractivity contribution is -0.130. The molecular weight excluding hydrogens is 380 g/mol. The maximum absolute atomic E-state index is 13.3. The van der Waals surface area contributed by atoms with Gasteiger partial charge in [-0.1, -0.05) is 36.4 Å². The van der Waals surface area contributed by atoms with Crippen LogP contribution in [-0.2, 0) is 4.79 Å². The van der Waals surface area contributed by atoms with Gasteiger partial charge in [-0.15, -0.1) is 0 Å². The predicted octanol–water partition coefficient (Wildman–Crippen LogP) is 2.23. The lowest BCUT2D eigenvalue weighted by Gasteiger charge is -2.29. The summed E-state index contributed by atoms with van der Waals surface area (Å²) < 4.78 is 5.34. The number of aromatic hydroxyl groups is 1. The fourth-order valence-corrected chi connectivity index (χ4v) is 4.44. The molecule has 7 heteroatoms. The third kappa shape index (κ3) is 3.61. The first kappa shape index (κ1) is 20.2. The first-order chi connectivity index (χ1) is 14.5. The molecule has 0 aliphatic carbocycles. The second-order valence-electron chi connectivity index (χ2n) is 8.06. The summed E-state index contributed by atoms with van der Waals surface area (Å²) in [7, 11) is 5.60. The molecule has 2 aromatic carbocycles. The van der Waals surface area contributed by atoms with Gasteiger partial charge in [0.1, 0.15) is 6.04 Å². The standard InChI is InChI=1S/C23H28N4O3/c1-26(2)12-7-13-27-22(16-10-11-17(28)18(14-16)30-3)19-20(15-8-5-4-6-9-15)24-25-21(19)23(27)29/h4-6,8-11,14,19,21-22,25,28H,7,12-13H2,1-3H3. The molecule has 2 N–H and O–H groups in total. The van der Waals surface area contributed by atoms with Crippen LogP contribution >= 0.6 is 0 Å². The monoisotopic (exact) mass is 408 g/mol. The van der Waals surface area contributed by atoms with Crippen LogP contribution in [-0.4, -0.2) is 66.9 Å². The molecule has 158 valence electrons. The number of hydrogen-bond donors (Lipinski definition) is 2. The maximum Gasteiger partial charge on any atom is 0.248 e. The van der Waals surface area contributed by atoms with E-state index in [0.717, 1.165) is 29.8 Å². The Morgan fingerprint density at radius 1 is 1.20 bits per heavy atom. The van der Waals surface area contributed by atoms with Gasteiger partial charge in [-0.3, -0.25) is 10.2 Å². The number of nitrogens with one attached hydrogen (secondary N) is 1. The summed E-state index contributed by atoms with van der Waals surface area (Å²) >= 11 is 0. The zero-order valence-corrected chi connectivity index (χ0v) is 17.6. The van der Waals surface area contributed by atoms with Gasteiger partial charge < -0.3 is 19.6 Å². The van der Waals surface area contributed by atoms with Gasteiger partial charge in [0.2, 0.25) is 5.91 Å². The molecule has 0 saturated carbocycles. The highest BCUT2D eigenvalue weighted by Gasteiger charge is 2.53. The number of ether oxygens (including phenoxy) is 1. The van der Waals surface area contributed by atoms with Gasteiger partial charge in [-0.25, -0.2) is 0 Å². The Morgan fingerprint density at radius 3 is 2.67 bits per heavy atom. The Balaban J connectivity index is 1.73. The van der Waals surface area contributed by atoms with E-state index in [4.69, 9.17) is 4.74 Å². The van der Waals surface area contributed by atoms with E-state index in [0.29, 0.717) is 12.3 Å². The zero-order chi connectivity index (χ0) is 21.3. The molecule has 4 rings (SSSR count). The molecule has 0 aromatic heterocycles. The summed E-state index contributed by atoms with van der Waals surface area (Å²) in [5.74, 6) is 0.433. The number of benzene rings is 2. The molecule has 0 spiro atoms. The van der Waals surface area contributed by atoms with E-state index in [1.165, 1.54) is 7.11 Å². The van der Waals surface area contributed by atoms with Crippen LogP contribution in [0.4, 0.5) is 0 Å². The average molecular weight is 409 g/mol. The van der Waals surface area contributed by atoms with Crippen molar-refractivity contribution < 1.29 is 14.6 Å². The highest BCUT2D eigenvalue weighted by Crippen LogP contribution is 2.44. The zero-order valence-electron chi connectivity index (χ0n) is 17.6. The minimum atomic E-state index is -0.385. The number of carbonyl (C=O) groups excluding carboxylic acids is 1. The number of rotatable bonds is 7. The second kappa shape index (κ2) is 8.36. The molecule has 2 aromatic rings. The van der Waals surface area contributed by atoms with E-state index in [1.807, 2.05) is 61.5 Å². The van der Waals surface area contributed by atoms with Gasteiger partial charge in [0.25, 0.3) is 0 Å². The first-order valence-corrected chi connectivity index (χ1v) is 10.2. The van der Waals surface area contributed by atoms with Gasteiger partial charge in [0.05, 0.1) is 24.8 Å². The van der Waals surface area contributed by atoms with E-state index < -0.39 is 0 Å². The molecule has 1 fully saturated rings. The molecule has 0 bridgehead atoms. The van der Waals surface area contributed by atoms with E-state index in [-0.39, 0.29) is 29.7 Å². The number of phenolic OH excluding ortho intramolecular Hbond substituents is 1. The number of amides is 1. The van der Waals surface area contributed by atoms with Crippen LogP contribution in [0.2, 0.25) is 0 Å². The molecule has 2 heterocycles. The van der Waals surface area contributed by atoms with Gasteiger partial charge in [-0.05, 0) is 50.3 Å². The summed E-state index contributed by atoms with van der Waals surface area (Å²) in [6.07, 6.45) is 0.877. The molecule has 1 saturated heterocycles. The van der Waals surface area contributed by atoms with Crippen LogP contribution in [0.1, 0.15) is 23.6 Å². The minimum Gasteiger partial charge on any atom is -0.504 e. The van der Waals surface area contributed by atoms with Crippen molar-refractivity contribution >= 4 is 11.6 Å². The Morgan fingerprint density at radius 2 is 1.97 bits per heavy atom. The summed E-state index contributed by atoms with van der Waals surface area (Å²) in [6.45, 7) is 1.55. The molecule has 2 aliphatic heterocycles. The Bertz CT molecular complexity index is 945. The fraction of sp³-hybridized carbons (Fsp3) is 0.391. The van der Waals surface area contributed by atoms with Gasteiger partial charge in [0.15, 0.2) is 11.5 Å². The molecule has 3 atom stereocenters. The SMILES string of the molecule is COc1cc(C2C3C(c4ccccc4)=NNC3C(=O)N2CCCN(C)C)ccc1O. The number of carbonyl (C=O) groups is 1. The van der Waals surface area contributed by atoms with Crippen molar-refractivity contribution in [2.24, 2.45) is 11.0 Å². The van der Waals surface area contributed by atoms with Crippen molar-refractivity contribution in [3.63, 3.8) is 0 Å². The largest absolute Gasteiger partial charge is 0.504 e. The number of nitrogens with zero attached hydrogens (tertiary/aromatic N) is 3. The fourth-order valence-electron chi connectivity index (χ4n) is 4.44. The lowest BCUT2D eigenvalue weighted by atomic mass is 9.85. The topological polar surface area (TPSA) is 77.4 Å². The van der Waals surface area contributed by atoms with Crippen LogP contribution in [0.15, 0.2) is 53.6 Å². The maximum atomic E-state index is 13.3. The summed E-state index contributed by atoms with van der Waals surface area (Å²) in [4.78, 5) is 17.4. The highest BCUT2D eigenvalue weighted by molar-refractivity contribution is 6.09. The van der Waals surface area contributed by atoms with E-state index >= 15 is 0 Å². The molecule has 0 radical (unpaired) electrons. The second-order valence-corrected chi connectivity index (χ2v) is 8.06. The predicted molar refractivity (Wildman–Crippen MR) is 116 cm³/mol. The lowest BCUT2D eigenvalue weighted by Crippen LogP contribution is -2.37. The van der Waals surface area contributed by atoms with Crippen molar-refractivity contribution in [2.45, 2.75) is 18.5 Å². The molecule has 30 heavy (non-hydrogen) atoms. The van der Waals surface area contributed by atoms with Crippen molar-refractivity contribution in [1.29, 1.82) is 0 Å². The smallest absolute Gasteiger partial charge is 0.248 e. The normalized spacial score (nSPS) is 22.8. The molecule has 1 amide bonds.